The van der Waals surface area contributed by atoms with Crippen LogP contribution in [-0.4, -0.2) is 47.1 Å². The fourth-order valence-corrected chi connectivity index (χ4v) is 3.37. The van der Waals surface area contributed by atoms with Gasteiger partial charge in [-0.1, -0.05) is 6.07 Å². The van der Waals surface area contributed by atoms with Crippen LogP contribution < -0.4 is 0 Å². The van der Waals surface area contributed by atoms with Crippen LogP contribution in [-0.2, 0) is 12.7 Å². The van der Waals surface area contributed by atoms with Gasteiger partial charge in [-0.15, -0.1) is 0 Å². The number of benzene rings is 1. The van der Waals surface area contributed by atoms with Gasteiger partial charge < -0.3 is 5.11 Å². The Kier molecular flexibility index (Phi) is 3.84. The Hall–Kier alpha value is -1.27. The summed E-state index contributed by atoms with van der Waals surface area (Å²) in [5.74, 6) is -0.702. The minimum absolute atomic E-state index is 0.508. The second kappa shape index (κ2) is 5.50. The molecule has 1 aromatic carbocycles. The lowest BCUT2D eigenvalue weighted by atomic mass is 10.1. The van der Waals surface area contributed by atoms with Crippen LogP contribution >= 0.6 is 0 Å². The van der Waals surface area contributed by atoms with E-state index in [9.17, 15) is 18.3 Å². The summed E-state index contributed by atoms with van der Waals surface area (Å²) in [6.07, 6.45) is -2.11. The second-order valence-corrected chi connectivity index (χ2v) is 5.92. The van der Waals surface area contributed by atoms with E-state index in [0.717, 1.165) is 38.3 Å². The van der Waals surface area contributed by atoms with Crippen LogP contribution in [0, 0.1) is 0 Å². The largest absolute Gasteiger partial charge is 0.507 e. The molecule has 6 heteroatoms. The van der Waals surface area contributed by atoms with E-state index in [1.54, 1.807) is 6.07 Å². The highest BCUT2D eigenvalue weighted by Gasteiger charge is 2.34. The normalized spacial score (nSPS) is 24.2. The number of hydrogen-bond acceptors (Lipinski definition) is 3. The monoisotopic (exact) mass is 300 g/mol. The van der Waals surface area contributed by atoms with Crippen LogP contribution in [0.1, 0.15) is 24.0 Å². The van der Waals surface area contributed by atoms with Gasteiger partial charge in [0.25, 0.3) is 0 Å². The lowest BCUT2D eigenvalue weighted by molar-refractivity contribution is -0.138. The number of phenolic OH excluding ortho intramolecular Hbond substituents is 1. The van der Waals surface area contributed by atoms with Crippen LogP contribution in [0.2, 0.25) is 0 Å². The van der Waals surface area contributed by atoms with Crippen molar-refractivity contribution in [3.63, 3.8) is 0 Å². The lowest BCUT2D eigenvalue weighted by Crippen LogP contribution is -2.49. The highest BCUT2D eigenvalue weighted by atomic mass is 19.4. The number of aromatic hydroxyl groups is 1. The van der Waals surface area contributed by atoms with Crippen LogP contribution in [0.15, 0.2) is 18.2 Å². The van der Waals surface area contributed by atoms with Crippen molar-refractivity contribution in [1.82, 2.24) is 9.80 Å². The first kappa shape index (κ1) is 14.7. The summed E-state index contributed by atoms with van der Waals surface area (Å²) in [4.78, 5) is 4.67. The van der Waals surface area contributed by atoms with E-state index in [1.807, 2.05) is 0 Å². The van der Waals surface area contributed by atoms with Gasteiger partial charge in [0.2, 0.25) is 0 Å². The minimum Gasteiger partial charge on any atom is -0.507 e. The van der Waals surface area contributed by atoms with Gasteiger partial charge in [-0.3, -0.25) is 9.80 Å². The summed E-state index contributed by atoms with van der Waals surface area (Å²) in [7, 11) is 0. The molecule has 1 unspecified atom stereocenters. The van der Waals surface area contributed by atoms with Crippen molar-refractivity contribution in [3.05, 3.63) is 29.3 Å². The van der Waals surface area contributed by atoms with E-state index >= 15 is 0 Å². The smallest absolute Gasteiger partial charge is 0.419 e. The molecule has 1 N–H and O–H groups in total. The zero-order valence-corrected chi connectivity index (χ0v) is 11.7. The molecule has 3 rings (SSSR count). The van der Waals surface area contributed by atoms with E-state index in [0.29, 0.717) is 18.2 Å². The summed E-state index contributed by atoms with van der Waals surface area (Å²) >= 11 is 0. The van der Waals surface area contributed by atoms with Crippen LogP contribution in [0.25, 0.3) is 0 Å². The molecule has 0 saturated carbocycles. The van der Waals surface area contributed by atoms with Gasteiger partial charge in [-0.25, -0.2) is 0 Å². The molecule has 2 aliphatic heterocycles. The molecule has 2 aliphatic rings. The van der Waals surface area contributed by atoms with Gasteiger partial charge in [0.05, 0.1) is 5.56 Å². The molecule has 116 valence electrons. The van der Waals surface area contributed by atoms with Gasteiger partial charge >= 0.3 is 6.18 Å². The fraction of sp³-hybridized carbons (Fsp3) is 0.600. The van der Waals surface area contributed by atoms with Gasteiger partial charge in [0.15, 0.2) is 0 Å². The number of halogens is 3. The molecule has 0 spiro atoms. The Morgan fingerprint density at radius 3 is 2.76 bits per heavy atom. The van der Waals surface area contributed by atoms with E-state index in [-0.39, 0.29) is 0 Å². The predicted molar refractivity (Wildman–Crippen MR) is 73.0 cm³/mol. The maximum Gasteiger partial charge on any atom is 0.419 e. The first-order chi connectivity index (χ1) is 9.93. The summed E-state index contributed by atoms with van der Waals surface area (Å²) in [5, 5.41) is 9.36. The molecule has 0 bridgehead atoms. The third-order valence-electron chi connectivity index (χ3n) is 4.44. The third-order valence-corrected chi connectivity index (χ3v) is 4.44. The summed E-state index contributed by atoms with van der Waals surface area (Å²) in [6, 6.07) is 4.34. The first-order valence-corrected chi connectivity index (χ1v) is 7.29. The molecule has 2 fully saturated rings. The maximum atomic E-state index is 12.8. The molecule has 1 atom stereocenters. The summed E-state index contributed by atoms with van der Waals surface area (Å²) in [5.41, 5.74) is -0.342. The van der Waals surface area contributed by atoms with Crippen molar-refractivity contribution in [2.24, 2.45) is 0 Å². The van der Waals surface area contributed by atoms with Crippen LogP contribution in [0.4, 0.5) is 13.2 Å². The molecule has 2 heterocycles. The zero-order chi connectivity index (χ0) is 15.0. The van der Waals surface area contributed by atoms with Gasteiger partial charge in [0, 0.05) is 32.2 Å². The number of fused-ring (bicyclic) bond motifs is 1. The maximum absolute atomic E-state index is 12.8. The van der Waals surface area contributed by atoms with E-state index < -0.39 is 17.5 Å². The van der Waals surface area contributed by atoms with E-state index in [4.69, 9.17) is 0 Å². The SMILES string of the molecule is Oc1ccc(CN2CCN3CCCC3C2)cc1C(F)(F)F. The van der Waals surface area contributed by atoms with Crippen molar-refractivity contribution < 1.29 is 18.3 Å². The van der Waals surface area contributed by atoms with Crippen molar-refractivity contribution in [2.75, 3.05) is 26.2 Å². The lowest BCUT2D eigenvalue weighted by Gasteiger charge is -2.37. The Bertz CT molecular complexity index is 518. The predicted octanol–water partition coefficient (Wildman–Crippen LogP) is 2.69. The van der Waals surface area contributed by atoms with Crippen LogP contribution in [0.3, 0.4) is 0 Å². The number of alkyl halides is 3. The fourth-order valence-electron chi connectivity index (χ4n) is 3.37. The average Bonchev–Trinajstić information content (AvgIpc) is 2.87. The Labute approximate surface area is 122 Å². The molecule has 21 heavy (non-hydrogen) atoms. The number of piperazine rings is 1. The first-order valence-electron chi connectivity index (χ1n) is 7.29. The minimum atomic E-state index is -4.51. The quantitative estimate of drug-likeness (QED) is 0.910. The van der Waals surface area contributed by atoms with Crippen molar-refractivity contribution in [1.29, 1.82) is 0 Å². The molecule has 0 aromatic heterocycles. The van der Waals surface area contributed by atoms with Crippen molar-refractivity contribution in [2.45, 2.75) is 31.6 Å². The van der Waals surface area contributed by atoms with Crippen molar-refractivity contribution >= 4 is 0 Å². The molecule has 0 aliphatic carbocycles. The van der Waals surface area contributed by atoms with Gasteiger partial charge in [0.1, 0.15) is 5.75 Å². The highest BCUT2D eigenvalue weighted by Crippen LogP contribution is 2.36. The zero-order valence-electron chi connectivity index (χ0n) is 11.7. The number of rotatable bonds is 2. The number of nitrogens with zero attached hydrogens (tertiary/aromatic N) is 2. The van der Waals surface area contributed by atoms with Crippen molar-refractivity contribution in [3.8, 4) is 5.75 Å². The Morgan fingerprint density at radius 2 is 2.00 bits per heavy atom. The standard InChI is InChI=1S/C15H19F3N2O/c16-15(17,18)13-8-11(3-4-14(13)21)9-19-6-7-20-5-1-2-12(20)10-19/h3-4,8,12,21H,1-2,5-7,9-10H2. The van der Waals surface area contributed by atoms with Crippen LogP contribution in [0.5, 0.6) is 5.75 Å². The highest BCUT2D eigenvalue weighted by molar-refractivity contribution is 5.38. The van der Waals surface area contributed by atoms with E-state index in [1.165, 1.54) is 12.8 Å². The second-order valence-electron chi connectivity index (χ2n) is 5.92. The Balaban J connectivity index is 1.70. The molecular formula is C15H19F3N2O. The number of phenols is 1. The molecule has 2 saturated heterocycles. The molecule has 1 aromatic rings. The topological polar surface area (TPSA) is 26.7 Å². The molecular weight excluding hydrogens is 281 g/mol. The van der Waals surface area contributed by atoms with Gasteiger partial charge in [-0.2, -0.15) is 13.2 Å². The Morgan fingerprint density at radius 1 is 1.19 bits per heavy atom. The number of hydrogen-bond donors (Lipinski definition) is 1. The summed E-state index contributed by atoms with van der Waals surface area (Å²) < 4.78 is 38.4. The average molecular weight is 300 g/mol. The third kappa shape index (κ3) is 3.16. The summed E-state index contributed by atoms with van der Waals surface area (Å²) in [6.45, 7) is 4.46. The van der Waals surface area contributed by atoms with E-state index in [2.05, 4.69) is 9.80 Å². The van der Waals surface area contributed by atoms with Gasteiger partial charge in [-0.05, 0) is 37.1 Å². The molecule has 0 radical (unpaired) electrons. The molecule has 0 amide bonds. The molecule has 3 nitrogen and oxygen atoms in total.